The first-order valence-electron chi connectivity index (χ1n) is 10.0. The fourth-order valence-corrected chi connectivity index (χ4v) is 3.89. The number of amides is 2. The molecule has 0 atom stereocenters. The van der Waals surface area contributed by atoms with Crippen molar-refractivity contribution in [3.05, 3.63) is 89.4 Å². The fourth-order valence-electron chi connectivity index (χ4n) is 3.09. The molecule has 1 aromatic heterocycles. The smallest absolute Gasteiger partial charge is 0.275 e. The van der Waals surface area contributed by atoms with Crippen LogP contribution < -0.4 is 20.1 Å². The molecule has 0 saturated carbocycles. The highest BCUT2D eigenvalue weighted by Gasteiger charge is 2.14. The van der Waals surface area contributed by atoms with Gasteiger partial charge in [-0.3, -0.25) is 9.59 Å². The standard InChI is InChI=1S/C25H21N3O4S/c1-31-19-13-9-17(10-14-19)25-28-21(15-33-25)24(30)26-18-11-7-16(8-12-18)23(29)27-20-5-3-4-6-22(20)32-2/h3-15H,1-2H3,(H,26,30)(H,27,29). The number of rotatable bonds is 7. The van der Waals surface area contributed by atoms with Crippen LogP contribution in [0.3, 0.4) is 0 Å². The van der Waals surface area contributed by atoms with Crippen molar-refractivity contribution in [2.75, 3.05) is 24.9 Å². The topological polar surface area (TPSA) is 89.5 Å². The van der Waals surface area contributed by atoms with Crippen LogP contribution in [0.1, 0.15) is 20.8 Å². The zero-order valence-electron chi connectivity index (χ0n) is 18.0. The Morgan fingerprint density at radius 2 is 1.55 bits per heavy atom. The SMILES string of the molecule is COc1ccc(-c2nc(C(=O)Nc3ccc(C(=O)Nc4ccccc4OC)cc3)cs2)cc1. The van der Waals surface area contributed by atoms with Crippen LogP contribution in [-0.4, -0.2) is 31.0 Å². The van der Waals surface area contributed by atoms with Gasteiger partial charge >= 0.3 is 0 Å². The molecule has 0 radical (unpaired) electrons. The van der Waals surface area contributed by atoms with E-state index in [1.165, 1.54) is 11.3 Å². The van der Waals surface area contributed by atoms with Gasteiger partial charge in [0.1, 0.15) is 22.2 Å². The van der Waals surface area contributed by atoms with E-state index in [9.17, 15) is 9.59 Å². The molecule has 0 spiro atoms. The summed E-state index contributed by atoms with van der Waals surface area (Å²) in [6.45, 7) is 0. The average molecular weight is 460 g/mol. The van der Waals surface area contributed by atoms with E-state index in [0.29, 0.717) is 28.4 Å². The van der Waals surface area contributed by atoms with Crippen LogP contribution in [0.25, 0.3) is 10.6 Å². The molecule has 3 aromatic carbocycles. The van der Waals surface area contributed by atoms with E-state index in [4.69, 9.17) is 9.47 Å². The predicted octanol–water partition coefficient (Wildman–Crippen LogP) is 5.33. The second-order valence-electron chi connectivity index (χ2n) is 6.95. The van der Waals surface area contributed by atoms with Crippen LogP contribution in [0.15, 0.2) is 78.2 Å². The number of carbonyl (C=O) groups is 2. The van der Waals surface area contributed by atoms with Crippen molar-refractivity contribution in [3.63, 3.8) is 0 Å². The molecule has 0 bridgehead atoms. The number of aromatic nitrogens is 1. The van der Waals surface area contributed by atoms with Gasteiger partial charge in [-0.05, 0) is 60.7 Å². The minimum absolute atomic E-state index is 0.277. The number of thiazole rings is 1. The molecule has 0 saturated heterocycles. The number of methoxy groups -OCH3 is 2. The van der Waals surface area contributed by atoms with Gasteiger partial charge in [0.05, 0.1) is 19.9 Å². The average Bonchev–Trinajstić information content (AvgIpc) is 3.35. The van der Waals surface area contributed by atoms with Crippen molar-refractivity contribution in [1.29, 1.82) is 0 Å². The van der Waals surface area contributed by atoms with Gasteiger partial charge in [-0.2, -0.15) is 0 Å². The third-order valence-corrected chi connectivity index (χ3v) is 5.73. The summed E-state index contributed by atoms with van der Waals surface area (Å²) in [5, 5.41) is 8.08. The number of carbonyl (C=O) groups excluding carboxylic acids is 2. The summed E-state index contributed by atoms with van der Waals surface area (Å²) in [4.78, 5) is 29.6. The van der Waals surface area contributed by atoms with E-state index >= 15 is 0 Å². The lowest BCUT2D eigenvalue weighted by molar-refractivity contribution is 0.101. The molecular formula is C25H21N3O4S. The number of benzene rings is 3. The summed E-state index contributed by atoms with van der Waals surface area (Å²) in [5.74, 6) is 0.735. The molecule has 2 N–H and O–H groups in total. The summed E-state index contributed by atoms with van der Waals surface area (Å²) in [6, 6.07) is 21.3. The molecule has 0 fully saturated rings. The molecule has 0 aliphatic carbocycles. The Morgan fingerprint density at radius 1 is 0.818 bits per heavy atom. The number of nitrogens with one attached hydrogen (secondary N) is 2. The van der Waals surface area contributed by atoms with E-state index in [2.05, 4.69) is 15.6 Å². The largest absolute Gasteiger partial charge is 0.497 e. The minimum Gasteiger partial charge on any atom is -0.497 e. The van der Waals surface area contributed by atoms with Crippen molar-refractivity contribution in [2.45, 2.75) is 0 Å². The molecule has 1 heterocycles. The Kier molecular flexibility index (Phi) is 6.66. The van der Waals surface area contributed by atoms with Crippen molar-refractivity contribution in [3.8, 4) is 22.1 Å². The highest BCUT2D eigenvalue weighted by atomic mass is 32.1. The van der Waals surface area contributed by atoms with E-state index in [0.717, 1.165) is 16.3 Å². The number of para-hydroxylation sites is 2. The van der Waals surface area contributed by atoms with Gasteiger partial charge < -0.3 is 20.1 Å². The summed E-state index contributed by atoms with van der Waals surface area (Å²) >= 11 is 1.39. The molecule has 7 nitrogen and oxygen atoms in total. The number of anilines is 2. The van der Waals surface area contributed by atoms with Gasteiger partial charge in [0.25, 0.3) is 11.8 Å². The third-order valence-electron chi connectivity index (χ3n) is 4.83. The number of hydrogen-bond donors (Lipinski definition) is 2. The van der Waals surface area contributed by atoms with Gasteiger partial charge in [-0.1, -0.05) is 12.1 Å². The van der Waals surface area contributed by atoms with E-state index in [1.54, 1.807) is 56.0 Å². The maximum atomic E-state index is 12.6. The van der Waals surface area contributed by atoms with Crippen molar-refractivity contribution < 1.29 is 19.1 Å². The van der Waals surface area contributed by atoms with Crippen molar-refractivity contribution in [1.82, 2.24) is 4.98 Å². The van der Waals surface area contributed by atoms with E-state index in [-0.39, 0.29) is 11.8 Å². The Morgan fingerprint density at radius 3 is 2.24 bits per heavy atom. The summed E-state index contributed by atoms with van der Waals surface area (Å²) in [6.07, 6.45) is 0. The van der Waals surface area contributed by atoms with Crippen LogP contribution in [-0.2, 0) is 0 Å². The third kappa shape index (κ3) is 5.19. The molecule has 166 valence electrons. The fraction of sp³-hybridized carbons (Fsp3) is 0.0800. The molecular weight excluding hydrogens is 438 g/mol. The molecule has 4 rings (SSSR count). The number of hydrogen-bond acceptors (Lipinski definition) is 6. The molecule has 33 heavy (non-hydrogen) atoms. The maximum absolute atomic E-state index is 12.6. The molecule has 0 unspecified atom stereocenters. The second-order valence-corrected chi connectivity index (χ2v) is 7.81. The van der Waals surface area contributed by atoms with E-state index < -0.39 is 0 Å². The van der Waals surface area contributed by atoms with Crippen LogP contribution in [0, 0.1) is 0 Å². The van der Waals surface area contributed by atoms with Crippen molar-refractivity contribution >= 4 is 34.5 Å². The highest BCUT2D eigenvalue weighted by molar-refractivity contribution is 7.13. The van der Waals surface area contributed by atoms with E-state index in [1.807, 2.05) is 36.4 Å². The highest BCUT2D eigenvalue weighted by Crippen LogP contribution is 2.26. The van der Waals surface area contributed by atoms with Gasteiger partial charge in [0.2, 0.25) is 0 Å². The quantitative estimate of drug-likeness (QED) is 0.390. The van der Waals surface area contributed by atoms with Crippen LogP contribution >= 0.6 is 11.3 Å². The molecule has 0 aliphatic rings. The first kappa shape index (κ1) is 22.0. The molecule has 0 aliphatic heterocycles. The Hall–Kier alpha value is -4.17. The predicted molar refractivity (Wildman–Crippen MR) is 129 cm³/mol. The lowest BCUT2D eigenvalue weighted by atomic mass is 10.2. The van der Waals surface area contributed by atoms with Gasteiger partial charge in [-0.25, -0.2) is 4.98 Å². The van der Waals surface area contributed by atoms with Crippen molar-refractivity contribution in [2.24, 2.45) is 0 Å². The van der Waals surface area contributed by atoms with Gasteiger partial charge in [-0.15, -0.1) is 11.3 Å². The number of nitrogens with zero attached hydrogens (tertiary/aromatic N) is 1. The monoisotopic (exact) mass is 459 g/mol. The zero-order chi connectivity index (χ0) is 23.2. The van der Waals surface area contributed by atoms with Crippen LogP contribution in [0.5, 0.6) is 11.5 Å². The van der Waals surface area contributed by atoms with Gasteiger partial charge in [0.15, 0.2) is 0 Å². The molecule has 4 aromatic rings. The Balaban J connectivity index is 1.40. The lowest BCUT2D eigenvalue weighted by Gasteiger charge is -2.10. The summed E-state index contributed by atoms with van der Waals surface area (Å²) in [5.41, 5.74) is 2.83. The second kappa shape index (κ2) is 9.97. The molecule has 2 amide bonds. The Labute approximate surface area is 195 Å². The summed E-state index contributed by atoms with van der Waals surface area (Å²) < 4.78 is 10.4. The van der Waals surface area contributed by atoms with Gasteiger partial charge in [0, 0.05) is 22.2 Å². The normalized spacial score (nSPS) is 10.4. The number of ether oxygens (including phenoxy) is 2. The first-order valence-corrected chi connectivity index (χ1v) is 10.9. The lowest BCUT2D eigenvalue weighted by Crippen LogP contribution is -2.14. The minimum atomic E-state index is -0.322. The summed E-state index contributed by atoms with van der Waals surface area (Å²) in [7, 11) is 3.16. The maximum Gasteiger partial charge on any atom is 0.275 e. The first-order chi connectivity index (χ1) is 16.1. The molecule has 8 heteroatoms. The van der Waals surface area contributed by atoms with Crippen LogP contribution in [0.2, 0.25) is 0 Å². The Bertz CT molecular complexity index is 1270. The van der Waals surface area contributed by atoms with Crippen LogP contribution in [0.4, 0.5) is 11.4 Å². The zero-order valence-corrected chi connectivity index (χ0v) is 18.8.